The van der Waals surface area contributed by atoms with Gasteiger partial charge in [-0.1, -0.05) is 30.3 Å². The van der Waals surface area contributed by atoms with Gasteiger partial charge in [0.2, 0.25) is 16.1 Å². The molecule has 2 aromatic carbocycles. The Labute approximate surface area is 190 Å². The Bertz CT molecular complexity index is 1060. The Morgan fingerprint density at radius 2 is 1.71 bits per heavy atom. The maximum atomic E-state index is 9.22. The van der Waals surface area contributed by atoms with Crippen LogP contribution >= 0.6 is 11.6 Å². The number of alkyl halides is 1. The third kappa shape index (κ3) is 6.40. The van der Waals surface area contributed by atoms with E-state index in [4.69, 9.17) is 11.6 Å². The monoisotopic (exact) mass is 464 g/mol. The van der Waals surface area contributed by atoms with Gasteiger partial charge in [-0.15, -0.1) is 11.6 Å². The summed E-state index contributed by atoms with van der Waals surface area (Å²) in [5.41, 5.74) is 6.41. The van der Waals surface area contributed by atoms with Crippen molar-refractivity contribution >= 4 is 45.2 Å². The van der Waals surface area contributed by atoms with Gasteiger partial charge in [0, 0.05) is 42.9 Å². The molecule has 0 fully saturated rings. The highest BCUT2D eigenvalue weighted by Crippen LogP contribution is 2.39. The number of para-hydroxylation sites is 1. The summed E-state index contributed by atoms with van der Waals surface area (Å²) in [4.78, 5) is 2.17. The van der Waals surface area contributed by atoms with Crippen LogP contribution in [-0.2, 0) is 20.0 Å². The minimum Gasteiger partial charge on any atom is -0.726 e. The van der Waals surface area contributed by atoms with Crippen molar-refractivity contribution in [1.82, 2.24) is 0 Å². The molecular formula is C23H29ClN2O4S. The maximum absolute atomic E-state index is 9.22. The van der Waals surface area contributed by atoms with E-state index in [1.54, 1.807) is 0 Å². The third-order valence-electron chi connectivity index (χ3n) is 5.33. The predicted molar refractivity (Wildman–Crippen MR) is 126 cm³/mol. The molecule has 0 bridgehead atoms. The largest absolute Gasteiger partial charge is 0.726 e. The number of fused-ring (bicyclic) bond motifs is 1. The normalized spacial score (nSPS) is 14.9. The van der Waals surface area contributed by atoms with Crippen molar-refractivity contribution in [2.75, 3.05) is 38.5 Å². The van der Waals surface area contributed by atoms with E-state index in [0.29, 0.717) is 5.88 Å². The fraction of sp³-hybridized carbons (Fsp3) is 0.348. The molecule has 0 N–H and O–H groups in total. The number of benzene rings is 2. The number of hydrogen-bond donors (Lipinski definition) is 0. The van der Waals surface area contributed by atoms with Crippen LogP contribution in [0.2, 0.25) is 0 Å². The zero-order valence-corrected chi connectivity index (χ0v) is 20.1. The molecule has 168 valence electrons. The van der Waals surface area contributed by atoms with Crippen molar-refractivity contribution in [3.8, 4) is 0 Å². The quantitative estimate of drug-likeness (QED) is 0.277. The summed E-state index contributed by atoms with van der Waals surface area (Å²) in [5, 5.41) is 0. The molecule has 0 saturated heterocycles. The molecule has 2 aromatic rings. The zero-order chi connectivity index (χ0) is 23.2. The highest BCUT2D eigenvalue weighted by Gasteiger charge is 2.42. The summed E-state index contributed by atoms with van der Waals surface area (Å²) in [5.74, 6) is 0.637. The molecule has 1 aliphatic rings. The van der Waals surface area contributed by atoms with E-state index >= 15 is 0 Å². The van der Waals surface area contributed by atoms with E-state index in [-0.39, 0.29) is 5.41 Å². The second kappa shape index (κ2) is 10.4. The van der Waals surface area contributed by atoms with Gasteiger partial charge in [-0.25, -0.2) is 8.42 Å². The Morgan fingerprint density at radius 3 is 2.23 bits per heavy atom. The van der Waals surface area contributed by atoms with E-state index in [2.05, 4.69) is 102 Å². The van der Waals surface area contributed by atoms with Gasteiger partial charge >= 0.3 is 0 Å². The average molecular weight is 465 g/mol. The van der Waals surface area contributed by atoms with E-state index < -0.39 is 10.4 Å². The number of hydrogen-bond acceptors (Lipinski definition) is 5. The Kier molecular flexibility index (Phi) is 8.42. The van der Waals surface area contributed by atoms with E-state index in [0.717, 1.165) is 13.7 Å². The van der Waals surface area contributed by atoms with Crippen molar-refractivity contribution in [3.63, 3.8) is 0 Å². The highest BCUT2D eigenvalue weighted by molar-refractivity contribution is 7.80. The molecule has 1 aliphatic heterocycles. The van der Waals surface area contributed by atoms with E-state index in [1.165, 1.54) is 28.2 Å². The lowest BCUT2D eigenvalue weighted by molar-refractivity contribution is -0.401. The summed E-state index contributed by atoms with van der Waals surface area (Å²) < 4.78 is 33.3. The molecule has 6 nitrogen and oxygen atoms in total. The molecule has 8 heteroatoms. The Morgan fingerprint density at radius 1 is 1.13 bits per heavy atom. The fourth-order valence-corrected chi connectivity index (χ4v) is 3.83. The number of nitrogens with zero attached hydrogens (tertiary/aromatic N) is 2. The molecule has 0 spiro atoms. The van der Waals surface area contributed by atoms with Crippen LogP contribution in [0.1, 0.15) is 25.0 Å². The Hall–Kier alpha value is -2.19. The maximum Gasteiger partial charge on any atom is 0.217 e. The first-order chi connectivity index (χ1) is 14.5. The summed E-state index contributed by atoms with van der Waals surface area (Å²) in [7, 11) is 0.612. The topological polar surface area (TPSA) is 72.7 Å². The van der Waals surface area contributed by atoms with Crippen molar-refractivity contribution < 1.29 is 21.7 Å². The van der Waals surface area contributed by atoms with Crippen LogP contribution in [-0.4, -0.2) is 56.9 Å². The lowest BCUT2D eigenvalue weighted by Crippen LogP contribution is -2.26. The van der Waals surface area contributed by atoms with Crippen LogP contribution in [0.3, 0.4) is 0 Å². The minimum atomic E-state index is -4.41. The van der Waals surface area contributed by atoms with Crippen molar-refractivity contribution in [2.45, 2.75) is 19.3 Å². The summed E-state index contributed by atoms with van der Waals surface area (Å²) in [6.07, 6.45) is 4.45. The molecule has 0 radical (unpaired) electrons. The predicted octanol–water partition coefficient (Wildman–Crippen LogP) is 4.17. The first-order valence-electron chi connectivity index (χ1n) is 9.78. The molecule has 31 heavy (non-hydrogen) atoms. The molecule has 1 heterocycles. The summed E-state index contributed by atoms with van der Waals surface area (Å²) >= 11 is 5.82. The van der Waals surface area contributed by atoms with Gasteiger partial charge in [0.1, 0.15) is 7.05 Å². The molecule has 0 amide bonds. The summed E-state index contributed by atoms with van der Waals surface area (Å²) in [6.45, 7) is 5.43. The van der Waals surface area contributed by atoms with E-state index in [1.807, 2.05) is 0 Å². The Balaban J connectivity index is 0.000000501. The SMILES string of the molecule is CN(CCCl)c1ccc(/C=C/C2=[N+](C)c3ccccc3C2(C)C)cc1.COS(=O)(=O)[O-]. The average Bonchev–Trinajstić information content (AvgIpc) is 2.93. The van der Waals surface area contributed by atoms with Crippen LogP contribution in [0.25, 0.3) is 6.08 Å². The lowest BCUT2D eigenvalue weighted by atomic mass is 9.81. The molecule has 0 aromatic heterocycles. The fourth-order valence-electron chi connectivity index (χ4n) is 3.57. The molecule has 3 rings (SSSR count). The van der Waals surface area contributed by atoms with Gasteiger partial charge < -0.3 is 9.45 Å². The molecule has 0 aliphatic carbocycles. The van der Waals surface area contributed by atoms with Crippen LogP contribution in [0.5, 0.6) is 0 Å². The van der Waals surface area contributed by atoms with E-state index in [9.17, 15) is 13.0 Å². The first kappa shape index (κ1) is 25.1. The molecular weight excluding hydrogens is 436 g/mol. The van der Waals surface area contributed by atoms with Crippen LogP contribution in [0.15, 0.2) is 54.6 Å². The smallest absolute Gasteiger partial charge is 0.217 e. The van der Waals surface area contributed by atoms with Crippen molar-refractivity contribution in [2.24, 2.45) is 0 Å². The number of rotatable bonds is 6. The van der Waals surface area contributed by atoms with Gasteiger partial charge in [-0.2, -0.15) is 4.58 Å². The second-order valence-electron chi connectivity index (χ2n) is 7.70. The summed E-state index contributed by atoms with van der Waals surface area (Å²) in [6, 6.07) is 17.3. The molecule has 0 saturated carbocycles. The highest BCUT2D eigenvalue weighted by atomic mass is 35.5. The second-order valence-corrected chi connectivity index (χ2v) is 9.22. The number of allylic oxidation sites excluding steroid dienone is 1. The van der Waals surface area contributed by atoms with Gasteiger partial charge in [-0.05, 0) is 37.6 Å². The van der Waals surface area contributed by atoms with Crippen molar-refractivity contribution in [3.05, 3.63) is 65.7 Å². The van der Waals surface area contributed by atoms with Gasteiger partial charge in [0.05, 0.1) is 12.5 Å². The lowest BCUT2D eigenvalue weighted by Gasteiger charge is -2.17. The standard InChI is InChI=1S/C22H26ClN2.CH4O4S/c1-22(2)19-7-5-6-8-20(19)25(4)21(22)14-11-17-9-12-18(13-10-17)24(3)16-15-23;1-5-6(2,3)4/h5-14H,15-16H2,1-4H3;1H3,(H,2,3,4)/q+1;/p-1. The molecule has 0 atom stereocenters. The van der Waals surface area contributed by atoms with Gasteiger partial charge in [-0.3, -0.25) is 4.18 Å². The van der Waals surface area contributed by atoms with Gasteiger partial charge in [0.25, 0.3) is 0 Å². The third-order valence-corrected chi connectivity index (χ3v) is 5.91. The van der Waals surface area contributed by atoms with Crippen LogP contribution in [0.4, 0.5) is 11.4 Å². The first-order valence-corrected chi connectivity index (χ1v) is 11.7. The van der Waals surface area contributed by atoms with Crippen molar-refractivity contribution in [1.29, 1.82) is 0 Å². The minimum absolute atomic E-state index is 0.0162. The molecule has 0 unspecified atom stereocenters. The number of anilines is 1. The zero-order valence-electron chi connectivity index (χ0n) is 18.5. The van der Waals surface area contributed by atoms with Gasteiger partial charge in [0.15, 0.2) is 5.71 Å². The number of halogens is 1. The van der Waals surface area contributed by atoms with Crippen LogP contribution < -0.4 is 4.90 Å². The van der Waals surface area contributed by atoms with Crippen LogP contribution in [0, 0.1) is 0 Å².